The molecule has 2 atom stereocenters. The van der Waals surface area contributed by atoms with E-state index in [1.165, 1.54) is 86.5 Å². The highest BCUT2D eigenvalue weighted by Crippen LogP contribution is 2.23. The predicted octanol–water partition coefficient (Wildman–Crippen LogP) is 13.5. The standard InChI is InChI=1S/C31H47NO3.C30H45NO4/c1-5-6-7-8-9-10-11-16-31(33)35-30(25-32(2)3)24-21-28-15-13-12-14-27(28)20-17-26-18-22-29(34-4)23-19-26;1-5-6-7-8-9-10-11-16-30(32)35-28(23-31(2)3)24-34-29-15-13-12-14-26(29)20-17-25-18-21-27(33-4)22-19-25/h12-15,18-19,22-23,30H,5-11,16-17,20-21,24-25H2,1-4H3;12-15,18-19,21-22,28H,5-11,16-17,20,23-24H2,1-4H3/t30-;28-/m11/s1. The fourth-order valence-corrected chi connectivity index (χ4v) is 8.61. The van der Waals surface area contributed by atoms with Crippen LogP contribution in [-0.4, -0.2) is 96.1 Å². The number of carbonyl (C=O) groups is 2. The number of esters is 2. The second-order valence-electron chi connectivity index (χ2n) is 19.4. The highest BCUT2D eigenvalue weighted by molar-refractivity contribution is 5.69. The van der Waals surface area contributed by atoms with Gasteiger partial charge in [0.25, 0.3) is 0 Å². The Morgan fingerprint density at radius 3 is 1.33 bits per heavy atom. The first kappa shape index (κ1) is 59.4. The van der Waals surface area contributed by atoms with Crippen LogP contribution >= 0.6 is 0 Å². The number of ether oxygens (including phenoxy) is 5. The fraction of sp³-hybridized carbons (Fsp3) is 0.574. The Labute approximate surface area is 425 Å². The maximum atomic E-state index is 12.5. The lowest BCUT2D eigenvalue weighted by atomic mass is 9.96. The monoisotopic (exact) mass is 965 g/mol. The van der Waals surface area contributed by atoms with Gasteiger partial charge in [0.05, 0.1) is 14.2 Å². The van der Waals surface area contributed by atoms with Gasteiger partial charge in [-0.05, 0) is 138 Å². The lowest BCUT2D eigenvalue weighted by molar-refractivity contribution is -0.152. The van der Waals surface area contributed by atoms with Crippen molar-refractivity contribution >= 4 is 11.9 Å². The number of methoxy groups -OCH3 is 2. The van der Waals surface area contributed by atoms with Crippen LogP contribution in [0.25, 0.3) is 0 Å². The zero-order chi connectivity index (χ0) is 50.6. The molecule has 0 saturated heterocycles. The van der Waals surface area contributed by atoms with Gasteiger partial charge in [-0.2, -0.15) is 0 Å². The number of unbranched alkanes of at least 4 members (excludes halogenated alkanes) is 12. The summed E-state index contributed by atoms with van der Waals surface area (Å²) in [5.41, 5.74) is 6.45. The first-order valence-corrected chi connectivity index (χ1v) is 26.7. The first-order chi connectivity index (χ1) is 34.0. The molecule has 0 amide bonds. The fourth-order valence-electron chi connectivity index (χ4n) is 8.61. The summed E-state index contributed by atoms with van der Waals surface area (Å²) in [4.78, 5) is 29.1. The molecule has 388 valence electrons. The Balaban J connectivity index is 0.000000370. The molecule has 0 radical (unpaired) electrons. The number of hydrogen-bond acceptors (Lipinski definition) is 9. The van der Waals surface area contributed by atoms with Crippen LogP contribution in [0.2, 0.25) is 0 Å². The Kier molecular flexibility index (Phi) is 31.4. The Bertz CT molecular complexity index is 1810. The van der Waals surface area contributed by atoms with E-state index in [0.717, 1.165) is 93.6 Å². The van der Waals surface area contributed by atoms with Gasteiger partial charge in [0, 0.05) is 25.9 Å². The molecule has 70 heavy (non-hydrogen) atoms. The van der Waals surface area contributed by atoms with Gasteiger partial charge in [0.2, 0.25) is 0 Å². The molecule has 9 heteroatoms. The number of para-hydroxylation sites is 1. The van der Waals surface area contributed by atoms with Crippen molar-refractivity contribution in [3.63, 3.8) is 0 Å². The maximum absolute atomic E-state index is 12.5. The van der Waals surface area contributed by atoms with Gasteiger partial charge in [0.15, 0.2) is 0 Å². The van der Waals surface area contributed by atoms with Crippen LogP contribution in [-0.2, 0) is 51.2 Å². The van der Waals surface area contributed by atoms with Gasteiger partial charge in [0.1, 0.15) is 36.1 Å². The number of nitrogens with zero attached hydrogens (tertiary/aromatic N) is 2. The van der Waals surface area contributed by atoms with E-state index in [4.69, 9.17) is 23.7 Å². The van der Waals surface area contributed by atoms with Crippen LogP contribution in [0.15, 0.2) is 97.1 Å². The van der Waals surface area contributed by atoms with E-state index in [1.807, 2.05) is 75.6 Å². The summed E-state index contributed by atoms with van der Waals surface area (Å²) in [6.45, 7) is 6.21. The van der Waals surface area contributed by atoms with Crippen LogP contribution in [0, 0.1) is 0 Å². The lowest BCUT2D eigenvalue weighted by Gasteiger charge is -2.22. The van der Waals surface area contributed by atoms with Gasteiger partial charge < -0.3 is 33.5 Å². The number of carbonyl (C=O) groups excluding carboxylic acids is 2. The third-order valence-corrected chi connectivity index (χ3v) is 12.6. The molecule has 0 saturated carbocycles. The second-order valence-corrected chi connectivity index (χ2v) is 19.4. The molecule has 0 spiro atoms. The van der Waals surface area contributed by atoms with Crippen molar-refractivity contribution in [3.05, 3.63) is 125 Å². The van der Waals surface area contributed by atoms with E-state index in [1.54, 1.807) is 14.2 Å². The van der Waals surface area contributed by atoms with Crippen LogP contribution < -0.4 is 14.2 Å². The number of benzene rings is 4. The minimum absolute atomic E-state index is 0.0433. The number of likely N-dealkylation sites (N-methyl/N-ethyl adjacent to an activating group) is 2. The summed E-state index contributed by atoms with van der Waals surface area (Å²) in [6, 6.07) is 33.3. The van der Waals surface area contributed by atoms with Crippen molar-refractivity contribution in [2.24, 2.45) is 0 Å². The summed E-state index contributed by atoms with van der Waals surface area (Å²) in [6.07, 6.45) is 23.0. The third kappa shape index (κ3) is 26.9. The second kappa shape index (κ2) is 37.0. The molecular weight excluding hydrogens is 873 g/mol. The molecule has 0 aliphatic carbocycles. The summed E-state index contributed by atoms with van der Waals surface area (Å²) >= 11 is 0. The molecule has 0 fully saturated rings. The SMILES string of the molecule is CCCCCCCCCC(=O)O[C@@H](COc1ccccc1CCc1ccc(OC)cc1)CN(C)C.CCCCCCCCCC(=O)O[C@H](CCc1ccccc1CCc1ccc(OC)cc1)CN(C)C. The van der Waals surface area contributed by atoms with E-state index in [9.17, 15) is 9.59 Å². The number of aryl methyl sites for hydroxylation is 5. The van der Waals surface area contributed by atoms with Crippen molar-refractivity contribution < 1.29 is 33.3 Å². The topological polar surface area (TPSA) is 86.8 Å². The molecule has 0 aliphatic rings. The molecule has 0 aromatic heterocycles. The predicted molar refractivity (Wildman–Crippen MR) is 290 cm³/mol. The van der Waals surface area contributed by atoms with Gasteiger partial charge >= 0.3 is 11.9 Å². The van der Waals surface area contributed by atoms with E-state index < -0.39 is 0 Å². The van der Waals surface area contributed by atoms with Crippen molar-refractivity contribution in [2.75, 3.05) is 62.1 Å². The molecule has 0 bridgehead atoms. The normalized spacial score (nSPS) is 12.0. The zero-order valence-corrected chi connectivity index (χ0v) is 44.8. The average molecular weight is 965 g/mol. The Morgan fingerprint density at radius 1 is 0.457 bits per heavy atom. The summed E-state index contributed by atoms with van der Waals surface area (Å²) < 4.78 is 28.4. The molecule has 0 aliphatic heterocycles. The lowest BCUT2D eigenvalue weighted by Crippen LogP contribution is -2.35. The number of rotatable bonds is 36. The Morgan fingerprint density at radius 2 is 0.857 bits per heavy atom. The van der Waals surface area contributed by atoms with Crippen molar-refractivity contribution in [2.45, 2.75) is 167 Å². The van der Waals surface area contributed by atoms with Gasteiger partial charge in [-0.1, -0.05) is 158 Å². The van der Waals surface area contributed by atoms with Crippen molar-refractivity contribution in [3.8, 4) is 17.2 Å². The van der Waals surface area contributed by atoms with Gasteiger partial charge in [-0.15, -0.1) is 0 Å². The van der Waals surface area contributed by atoms with Crippen molar-refractivity contribution in [1.29, 1.82) is 0 Å². The molecule has 0 heterocycles. The van der Waals surface area contributed by atoms with Crippen LogP contribution in [0.3, 0.4) is 0 Å². The molecule has 4 aromatic carbocycles. The molecule has 9 nitrogen and oxygen atoms in total. The van der Waals surface area contributed by atoms with Crippen LogP contribution in [0.5, 0.6) is 17.2 Å². The number of hydrogen-bond donors (Lipinski definition) is 0. The summed E-state index contributed by atoms with van der Waals surface area (Å²) in [5, 5.41) is 0. The van der Waals surface area contributed by atoms with Crippen LogP contribution in [0.1, 0.15) is 151 Å². The first-order valence-electron chi connectivity index (χ1n) is 26.7. The smallest absolute Gasteiger partial charge is 0.306 e. The summed E-state index contributed by atoms with van der Waals surface area (Å²) in [7, 11) is 11.4. The highest BCUT2D eigenvalue weighted by atomic mass is 16.6. The van der Waals surface area contributed by atoms with Gasteiger partial charge in [-0.3, -0.25) is 9.59 Å². The van der Waals surface area contributed by atoms with E-state index in [0.29, 0.717) is 26.0 Å². The zero-order valence-electron chi connectivity index (χ0n) is 44.8. The quantitative estimate of drug-likeness (QED) is 0.0327. The highest BCUT2D eigenvalue weighted by Gasteiger charge is 2.19. The van der Waals surface area contributed by atoms with Gasteiger partial charge in [-0.25, -0.2) is 0 Å². The average Bonchev–Trinajstić information content (AvgIpc) is 3.36. The van der Waals surface area contributed by atoms with E-state index >= 15 is 0 Å². The largest absolute Gasteiger partial charge is 0.497 e. The summed E-state index contributed by atoms with van der Waals surface area (Å²) in [5.74, 6) is 2.45. The molecule has 0 unspecified atom stereocenters. The minimum Gasteiger partial charge on any atom is -0.497 e. The van der Waals surface area contributed by atoms with Crippen LogP contribution in [0.4, 0.5) is 0 Å². The Hall–Kier alpha value is -4.86. The van der Waals surface area contributed by atoms with E-state index in [2.05, 4.69) is 73.3 Å². The molecule has 0 N–H and O–H groups in total. The molecule has 4 aromatic rings. The van der Waals surface area contributed by atoms with E-state index in [-0.39, 0.29) is 24.1 Å². The van der Waals surface area contributed by atoms with Crippen molar-refractivity contribution in [1.82, 2.24) is 9.80 Å². The third-order valence-electron chi connectivity index (χ3n) is 12.6. The molecule has 4 rings (SSSR count). The maximum Gasteiger partial charge on any atom is 0.306 e. The minimum atomic E-state index is -0.295. The molecular formula is C61H92N2O7.